The highest BCUT2D eigenvalue weighted by molar-refractivity contribution is 5.76. The van der Waals surface area contributed by atoms with Crippen molar-refractivity contribution in [2.45, 2.75) is 31.8 Å². The van der Waals surface area contributed by atoms with Crippen LogP contribution < -0.4 is 16.0 Å². The van der Waals surface area contributed by atoms with E-state index < -0.39 is 0 Å². The summed E-state index contributed by atoms with van der Waals surface area (Å²) in [6.07, 6.45) is 4.29. The third-order valence-electron chi connectivity index (χ3n) is 3.64. The van der Waals surface area contributed by atoms with E-state index in [-0.39, 0.29) is 29.8 Å². The second-order valence-corrected chi connectivity index (χ2v) is 5.08. The fraction of sp³-hybridized carbons (Fsp3) is 0.571. The van der Waals surface area contributed by atoms with Crippen molar-refractivity contribution in [3.05, 3.63) is 28.7 Å². The number of hydrogen-bond donors (Lipinski definition) is 1. The minimum absolute atomic E-state index is 0.0468. The highest BCUT2D eigenvalue weighted by Crippen LogP contribution is 2.10. The van der Waals surface area contributed by atoms with Crippen LogP contribution >= 0.6 is 0 Å². The molecule has 2 heterocycles. The second-order valence-electron chi connectivity index (χ2n) is 5.08. The molecule has 2 rings (SSSR count). The van der Waals surface area contributed by atoms with Crippen LogP contribution in [0.2, 0.25) is 0 Å². The fourth-order valence-corrected chi connectivity index (χ4v) is 2.41. The van der Waals surface area contributed by atoms with Crippen LogP contribution in [0.25, 0.3) is 0 Å². The Hall–Kier alpha value is -1.82. The molecule has 0 unspecified atom stereocenters. The maximum Gasteiger partial charge on any atom is 0.293 e. The van der Waals surface area contributed by atoms with Crippen molar-refractivity contribution in [1.29, 1.82) is 0 Å². The van der Waals surface area contributed by atoms with Gasteiger partial charge >= 0.3 is 0 Å². The van der Waals surface area contributed by atoms with Gasteiger partial charge in [-0.15, -0.1) is 0 Å². The first-order valence-corrected chi connectivity index (χ1v) is 6.88. The topological polar surface area (TPSA) is 77.6 Å². The molecule has 2 N–H and O–H groups in total. The molecular weight excluding hydrogens is 258 g/mol. The molecule has 1 atom stereocenters. The number of carbonyl (C=O) groups is 1. The normalized spacial score (nSPS) is 19.5. The van der Waals surface area contributed by atoms with Crippen LogP contribution in [0.4, 0.5) is 0 Å². The summed E-state index contributed by atoms with van der Waals surface area (Å²) < 4.78 is 6.35. The summed E-state index contributed by atoms with van der Waals surface area (Å²) in [4.78, 5) is 26.0. The largest absolute Gasteiger partial charge is 0.491 e. The molecule has 1 fully saturated rings. The molecule has 0 spiro atoms. The molecule has 1 aliphatic rings. The highest BCUT2D eigenvalue weighted by atomic mass is 16.5. The van der Waals surface area contributed by atoms with Crippen LogP contribution in [-0.4, -0.2) is 41.6 Å². The van der Waals surface area contributed by atoms with Crippen molar-refractivity contribution in [2.75, 3.05) is 20.2 Å². The van der Waals surface area contributed by atoms with Crippen LogP contribution in [0.15, 0.2) is 23.1 Å². The molecule has 0 aliphatic carbocycles. The van der Waals surface area contributed by atoms with E-state index in [1.807, 2.05) is 0 Å². The van der Waals surface area contributed by atoms with Gasteiger partial charge < -0.3 is 19.9 Å². The molecule has 0 bridgehead atoms. The van der Waals surface area contributed by atoms with Gasteiger partial charge in [0.25, 0.3) is 5.56 Å². The first kappa shape index (κ1) is 14.6. The highest BCUT2D eigenvalue weighted by Gasteiger charge is 2.19. The maximum atomic E-state index is 12.3. The van der Waals surface area contributed by atoms with Crippen molar-refractivity contribution in [1.82, 2.24) is 9.47 Å². The van der Waals surface area contributed by atoms with Gasteiger partial charge in [0.05, 0.1) is 7.11 Å². The van der Waals surface area contributed by atoms with E-state index in [0.717, 1.165) is 19.3 Å². The number of methoxy groups -OCH3 is 1. The Labute approximate surface area is 118 Å². The van der Waals surface area contributed by atoms with Crippen LogP contribution in [0.1, 0.15) is 19.3 Å². The van der Waals surface area contributed by atoms with Gasteiger partial charge in [0.15, 0.2) is 5.75 Å². The van der Waals surface area contributed by atoms with Crippen LogP contribution in [0, 0.1) is 0 Å². The standard InChI is InChI=1S/C14H21N3O3/c1-20-12-5-3-8-17(14(12)19)10-13(18)16-7-2-4-11(15)6-9-16/h3,5,8,11H,2,4,6-7,9-10,15H2,1H3/t11-/m1/s1. The van der Waals surface area contributed by atoms with Crippen LogP contribution in [0.3, 0.4) is 0 Å². The van der Waals surface area contributed by atoms with E-state index in [2.05, 4.69) is 0 Å². The van der Waals surface area contributed by atoms with Gasteiger partial charge in [-0.1, -0.05) is 0 Å². The Morgan fingerprint density at radius 1 is 1.45 bits per heavy atom. The lowest BCUT2D eigenvalue weighted by Gasteiger charge is -2.21. The average molecular weight is 279 g/mol. The molecule has 1 aliphatic heterocycles. The zero-order chi connectivity index (χ0) is 14.5. The Bertz CT molecular complexity index is 527. The van der Waals surface area contributed by atoms with Crippen molar-refractivity contribution in [3.63, 3.8) is 0 Å². The molecule has 20 heavy (non-hydrogen) atoms. The molecule has 110 valence electrons. The number of nitrogens with two attached hydrogens (primary N) is 1. The summed E-state index contributed by atoms with van der Waals surface area (Å²) in [5.74, 6) is 0.202. The first-order valence-electron chi connectivity index (χ1n) is 6.88. The number of hydrogen-bond acceptors (Lipinski definition) is 4. The lowest BCUT2D eigenvalue weighted by atomic mass is 10.1. The summed E-state index contributed by atoms with van der Waals surface area (Å²) in [5, 5.41) is 0. The summed E-state index contributed by atoms with van der Waals surface area (Å²) in [6, 6.07) is 3.47. The quantitative estimate of drug-likeness (QED) is 0.857. The van der Waals surface area contributed by atoms with Crippen LogP contribution in [-0.2, 0) is 11.3 Å². The Kier molecular flexibility index (Phi) is 4.79. The van der Waals surface area contributed by atoms with E-state index in [4.69, 9.17) is 10.5 Å². The molecule has 1 aromatic rings. The minimum atomic E-state index is -0.283. The van der Waals surface area contributed by atoms with Gasteiger partial charge in [-0.05, 0) is 31.4 Å². The van der Waals surface area contributed by atoms with E-state index in [0.29, 0.717) is 13.1 Å². The van der Waals surface area contributed by atoms with Crippen molar-refractivity contribution in [3.8, 4) is 5.75 Å². The molecular formula is C14H21N3O3. The number of likely N-dealkylation sites (tertiary alicyclic amines) is 1. The maximum absolute atomic E-state index is 12.3. The number of carbonyl (C=O) groups excluding carboxylic acids is 1. The van der Waals surface area contributed by atoms with E-state index in [1.165, 1.54) is 11.7 Å². The molecule has 1 aromatic heterocycles. The summed E-state index contributed by atoms with van der Waals surface area (Å²) in [5.41, 5.74) is 5.62. The average Bonchev–Trinajstić information content (AvgIpc) is 2.66. The summed E-state index contributed by atoms with van der Waals surface area (Å²) in [7, 11) is 1.44. The molecule has 0 aromatic carbocycles. The molecule has 6 heteroatoms. The monoisotopic (exact) mass is 279 g/mol. The van der Waals surface area contributed by atoms with E-state index >= 15 is 0 Å². The van der Waals surface area contributed by atoms with Crippen molar-refractivity contribution < 1.29 is 9.53 Å². The Morgan fingerprint density at radius 2 is 2.25 bits per heavy atom. The Balaban J connectivity index is 2.06. The summed E-state index contributed by atoms with van der Waals surface area (Å²) in [6.45, 7) is 1.43. The van der Waals surface area contributed by atoms with Crippen molar-refractivity contribution >= 4 is 5.91 Å². The lowest BCUT2D eigenvalue weighted by molar-refractivity contribution is -0.131. The summed E-state index contributed by atoms with van der Waals surface area (Å²) >= 11 is 0. The van der Waals surface area contributed by atoms with Crippen LogP contribution in [0.5, 0.6) is 5.75 Å². The van der Waals surface area contributed by atoms with Gasteiger partial charge in [-0.2, -0.15) is 0 Å². The van der Waals surface area contributed by atoms with Gasteiger partial charge in [-0.25, -0.2) is 0 Å². The smallest absolute Gasteiger partial charge is 0.293 e. The number of nitrogens with zero attached hydrogens (tertiary/aromatic N) is 2. The first-order chi connectivity index (χ1) is 9.61. The fourth-order valence-electron chi connectivity index (χ4n) is 2.41. The SMILES string of the molecule is COc1cccn(CC(=O)N2CCC[C@@H](N)CC2)c1=O. The van der Waals surface area contributed by atoms with Gasteiger partial charge in [0.1, 0.15) is 6.54 Å². The van der Waals surface area contributed by atoms with Gasteiger partial charge in [0.2, 0.25) is 5.91 Å². The second kappa shape index (κ2) is 6.56. The molecule has 1 saturated heterocycles. The van der Waals surface area contributed by atoms with Crippen molar-refractivity contribution in [2.24, 2.45) is 5.73 Å². The number of amides is 1. The number of pyridine rings is 1. The zero-order valence-corrected chi connectivity index (χ0v) is 11.7. The predicted octanol–water partition coefficient (Wildman–Crippen LogP) is 0.197. The third-order valence-corrected chi connectivity index (χ3v) is 3.64. The molecule has 0 radical (unpaired) electrons. The predicted molar refractivity (Wildman–Crippen MR) is 75.7 cm³/mol. The van der Waals surface area contributed by atoms with Gasteiger partial charge in [0, 0.05) is 25.3 Å². The zero-order valence-electron chi connectivity index (χ0n) is 11.7. The molecule has 1 amide bonds. The third kappa shape index (κ3) is 3.39. The lowest BCUT2D eigenvalue weighted by Crippen LogP contribution is -2.37. The minimum Gasteiger partial charge on any atom is -0.491 e. The van der Waals surface area contributed by atoms with Gasteiger partial charge in [-0.3, -0.25) is 9.59 Å². The number of rotatable bonds is 3. The molecule has 0 saturated carbocycles. The molecule has 6 nitrogen and oxygen atoms in total. The van der Waals surface area contributed by atoms with E-state index in [9.17, 15) is 9.59 Å². The Morgan fingerprint density at radius 3 is 3.00 bits per heavy atom. The number of aromatic nitrogens is 1. The number of ether oxygens (including phenoxy) is 1. The van der Waals surface area contributed by atoms with E-state index in [1.54, 1.807) is 23.2 Å².